The molecule has 0 aromatic heterocycles. The van der Waals surface area contributed by atoms with Crippen molar-refractivity contribution in [3.63, 3.8) is 0 Å². The molecule has 2 atom stereocenters. The number of rotatable bonds is 3. The van der Waals surface area contributed by atoms with Gasteiger partial charge in [-0.15, -0.1) is 0 Å². The van der Waals surface area contributed by atoms with Gasteiger partial charge >= 0.3 is 6.09 Å². The first-order chi connectivity index (χ1) is 13.2. The summed E-state index contributed by atoms with van der Waals surface area (Å²) in [5, 5.41) is 0. The highest BCUT2D eigenvalue weighted by Crippen LogP contribution is 2.30. The molecule has 28 heavy (non-hydrogen) atoms. The lowest BCUT2D eigenvalue weighted by atomic mass is 9.99. The zero-order valence-electron chi connectivity index (χ0n) is 17.1. The van der Waals surface area contributed by atoms with Crippen LogP contribution in [-0.2, 0) is 11.3 Å². The second-order valence-corrected chi connectivity index (χ2v) is 8.46. The standard InChI is InChI=1S/C23H29FN2O2/c1-17-14-26(22(27)28-23(2,3)4)21(19-10-12-20(24)13-11-19)16-25(17)15-18-8-6-5-7-9-18/h5-13,17,21H,14-16H2,1-4H3/t17-,21-/m1/s1. The largest absolute Gasteiger partial charge is 0.444 e. The molecule has 2 aromatic rings. The number of carbonyl (C=O) groups is 1. The molecule has 0 radical (unpaired) electrons. The first kappa shape index (κ1) is 20.3. The molecule has 1 heterocycles. The molecule has 0 aliphatic carbocycles. The van der Waals surface area contributed by atoms with E-state index in [2.05, 4.69) is 24.0 Å². The Balaban J connectivity index is 1.85. The molecule has 1 aliphatic rings. The average molecular weight is 384 g/mol. The first-order valence-electron chi connectivity index (χ1n) is 9.76. The minimum Gasteiger partial charge on any atom is -0.444 e. The Morgan fingerprint density at radius 1 is 1.07 bits per heavy atom. The fourth-order valence-corrected chi connectivity index (χ4v) is 3.56. The number of nitrogens with zero attached hydrogens (tertiary/aromatic N) is 2. The van der Waals surface area contributed by atoms with Gasteiger partial charge in [0.2, 0.25) is 0 Å². The molecule has 1 fully saturated rings. The number of hydrogen-bond donors (Lipinski definition) is 0. The molecular formula is C23H29FN2O2. The van der Waals surface area contributed by atoms with Crippen LogP contribution in [0.5, 0.6) is 0 Å². The number of carbonyl (C=O) groups excluding carboxylic acids is 1. The highest BCUT2D eigenvalue weighted by atomic mass is 19.1. The van der Waals surface area contributed by atoms with Gasteiger partial charge < -0.3 is 4.74 Å². The lowest BCUT2D eigenvalue weighted by Gasteiger charge is -2.45. The molecule has 3 rings (SSSR count). The van der Waals surface area contributed by atoms with E-state index in [1.54, 1.807) is 17.0 Å². The lowest BCUT2D eigenvalue weighted by molar-refractivity contribution is -0.0159. The number of halogens is 1. The van der Waals surface area contributed by atoms with E-state index in [0.717, 1.165) is 12.1 Å². The zero-order valence-corrected chi connectivity index (χ0v) is 17.1. The molecule has 4 nitrogen and oxygen atoms in total. The normalized spacial score (nSPS) is 20.8. The summed E-state index contributed by atoms with van der Waals surface area (Å²) in [6.07, 6.45) is -0.326. The van der Waals surface area contributed by atoms with Crippen molar-refractivity contribution in [1.82, 2.24) is 9.80 Å². The number of piperazine rings is 1. The summed E-state index contributed by atoms with van der Waals surface area (Å²) in [6.45, 7) is 9.76. The van der Waals surface area contributed by atoms with Gasteiger partial charge in [-0.1, -0.05) is 42.5 Å². The van der Waals surface area contributed by atoms with Crippen LogP contribution in [0.3, 0.4) is 0 Å². The number of benzene rings is 2. The van der Waals surface area contributed by atoms with Gasteiger partial charge in [0, 0.05) is 25.7 Å². The van der Waals surface area contributed by atoms with Crippen LogP contribution in [0.15, 0.2) is 54.6 Å². The molecule has 0 spiro atoms. The van der Waals surface area contributed by atoms with Crippen molar-refractivity contribution in [3.05, 3.63) is 71.5 Å². The molecule has 5 heteroatoms. The molecule has 0 N–H and O–H groups in total. The van der Waals surface area contributed by atoms with Gasteiger partial charge in [-0.05, 0) is 51.0 Å². The Morgan fingerprint density at radius 3 is 2.32 bits per heavy atom. The number of amides is 1. The van der Waals surface area contributed by atoms with Gasteiger partial charge in [0.1, 0.15) is 11.4 Å². The minimum atomic E-state index is -0.561. The van der Waals surface area contributed by atoms with Crippen LogP contribution in [0.25, 0.3) is 0 Å². The third kappa shape index (κ3) is 5.10. The van der Waals surface area contributed by atoms with Crippen LogP contribution in [0.1, 0.15) is 44.9 Å². The molecule has 1 amide bonds. The Labute approximate surface area is 166 Å². The molecule has 1 aliphatic heterocycles. The fourth-order valence-electron chi connectivity index (χ4n) is 3.56. The predicted molar refractivity (Wildman–Crippen MR) is 108 cm³/mol. The van der Waals surface area contributed by atoms with E-state index in [9.17, 15) is 9.18 Å². The van der Waals surface area contributed by atoms with Gasteiger partial charge in [-0.2, -0.15) is 0 Å². The molecule has 0 bridgehead atoms. The lowest BCUT2D eigenvalue weighted by Crippen LogP contribution is -2.55. The summed E-state index contributed by atoms with van der Waals surface area (Å²) >= 11 is 0. The van der Waals surface area contributed by atoms with Gasteiger partial charge in [0.05, 0.1) is 6.04 Å². The van der Waals surface area contributed by atoms with Crippen LogP contribution in [0.4, 0.5) is 9.18 Å². The Bertz CT molecular complexity index is 786. The molecule has 150 valence electrons. The van der Waals surface area contributed by atoms with Crippen LogP contribution in [0, 0.1) is 5.82 Å². The second-order valence-electron chi connectivity index (χ2n) is 8.46. The second kappa shape index (κ2) is 8.31. The minimum absolute atomic E-state index is 0.185. The van der Waals surface area contributed by atoms with Gasteiger partial charge in [0.25, 0.3) is 0 Å². The molecule has 2 aromatic carbocycles. The molecule has 0 saturated carbocycles. The van der Waals surface area contributed by atoms with Crippen LogP contribution < -0.4 is 0 Å². The number of ether oxygens (including phenoxy) is 1. The summed E-state index contributed by atoms with van der Waals surface area (Å²) in [5.74, 6) is -0.280. The predicted octanol–water partition coefficient (Wildman–Crippen LogP) is 5.01. The SMILES string of the molecule is C[C@@H]1CN(C(=O)OC(C)(C)C)[C@@H](c2ccc(F)cc2)CN1Cc1ccccc1. The smallest absolute Gasteiger partial charge is 0.410 e. The topological polar surface area (TPSA) is 32.8 Å². The van der Waals surface area contributed by atoms with Crippen LogP contribution in [0.2, 0.25) is 0 Å². The van der Waals surface area contributed by atoms with E-state index in [4.69, 9.17) is 4.74 Å². The van der Waals surface area contributed by atoms with Gasteiger partial charge in [-0.25, -0.2) is 9.18 Å². The van der Waals surface area contributed by atoms with E-state index < -0.39 is 5.60 Å². The summed E-state index contributed by atoms with van der Waals surface area (Å²) < 4.78 is 19.1. The summed E-state index contributed by atoms with van der Waals surface area (Å²) in [6, 6.07) is 16.7. The Morgan fingerprint density at radius 2 is 1.71 bits per heavy atom. The first-order valence-corrected chi connectivity index (χ1v) is 9.76. The van der Waals surface area contributed by atoms with Crippen molar-refractivity contribution in [2.24, 2.45) is 0 Å². The van der Waals surface area contributed by atoms with Gasteiger partial charge in [-0.3, -0.25) is 9.80 Å². The van der Waals surface area contributed by atoms with E-state index >= 15 is 0 Å². The van der Waals surface area contributed by atoms with E-state index in [0.29, 0.717) is 13.1 Å². The van der Waals surface area contributed by atoms with E-state index in [1.807, 2.05) is 39.0 Å². The van der Waals surface area contributed by atoms with E-state index in [-0.39, 0.29) is 24.0 Å². The van der Waals surface area contributed by atoms with Gasteiger partial charge in [0.15, 0.2) is 0 Å². The maximum Gasteiger partial charge on any atom is 0.410 e. The van der Waals surface area contributed by atoms with Crippen molar-refractivity contribution >= 4 is 6.09 Å². The third-order valence-electron chi connectivity index (χ3n) is 4.98. The van der Waals surface area contributed by atoms with Crippen molar-refractivity contribution < 1.29 is 13.9 Å². The van der Waals surface area contributed by atoms with Crippen LogP contribution >= 0.6 is 0 Å². The molecule has 0 unspecified atom stereocenters. The molecular weight excluding hydrogens is 355 g/mol. The summed E-state index contributed by atoms with van der Waals surface area (Å²) in [4.78, 5) is 17.0. The Kier molecular flexibility index (Phi) is 6.04. The van der Waals surface area contributed by atoms with Crippen molar-refractivity contribution in [2.45, 2.75) is 51.9 Å². The Hall–Kier alpha value is -2.40. The highest BCUT2D eigenvalue weighted by Gasteiger charge is 2.37. The fraction of sp³-hybridized carbons (Fsp3) is 0.435. The monoisotopic (exact) mass is 384 g/mol. The third-order valence-corrected chi connectivity index (χ3v) is 4.98. The summed E-state index contributed by atoms with van der Waals surface area (Å²) in [7, 11) is 0. The van der Waals surface area contributed by atoms with Crippen molar-refractivity contribution in [3.8, 4) is 0 Å². The average Bonchev–Trinajstić information content (AvgIpc) is 2.63. The maximum absolute atomic E-state index is 13.4. The quantitative estimate of drug-likeness (QED) is 0.746. The van der Waals surface area contributed by atoms with Crippen LogP contribution in [-0.4, -0.2) is 40.6 Å². The maximum atomic E-state index is 13.4. The number of hydrogen-bond acceptors (Lipinski definition) is 3. The van der Waals surface area contributed by atoms with E-state index in [1.165, 1.54) is 17.7 Å². The van der Waals surface area contributed by atoms with Crippen molar-refractivity contribution in [2.75, 3.05) is 13.1 Å². The van der Waals surface area contributed by atoms with Crippen molar-refractivity contribution in [1.29, 1.82) is 0 Å². The highest BCUT2D eigenvalue weighted by molar-refractivity contribution is 5.69. The summed E-state index contributed by atoms with van der Waals surface area (Å²) in [5.41, 5.74) is 1.59. The molecule has 1 saturated heterocycles. The zero-order chi connectivity index (χ0) is 20.3.